The first-order valence-electron chi connectivity index (χ1n) is 5.77. The van der Waals surface area contributed by atoms with Gasteiger partial charge in [0.1, 0.15) is 6.67 Å². The summed E-state index contributed by atoms with van der Waals surface area (Å²) >= 11 is 0. The van der Waals surface area contributed by atoms with Gasteiger partial charge in [-0.1, -0.05) is 0 Å². The van der Waals surface area contributed by atoms with Gasteiger partial charge in [-0.3, -0.25) is 4.68 Å². The van der Waals surface area contributed by atoms with Crippen LogP contribution in [0.5, 0.6) is 0 Å². The molecule has 18 heavy (non-hydrogen) atoms. The van der Waals surface area contributed by atoms with Crippen LogP contribution < -0.4 is 5.32 Å². The van der Waals surface area contributed by atoms with Gasteiger partial charge in [-0.2, -0.15) is 14.6 Å². The first-order valence-corrected chi connectivity index (χ1v) is 5.77. The zero-order valence-electron chi connectivity index (χ0n) is 10.1. The van der Waals surface area contributed by atoms with Crippen LogP contribution in [-0.4, -0.2) is 26.2 Å². The van der Waals surface area contributed by atoms with Gasteiger partial charge in [-0.25, -0.2) is 9.07 Å². The van der Waals surface area contributed by atoms with E-state index in [1.165, 1.54) is 15.6 Å². The highest BCUT2D eigenvalue weighted by Crippen LogP contribution is 2.11. The van der Waals surface area contributed by atoms with Crippen LogP contribution in [0, 0.1) is 5.95 Å². The first-order chi connectivity index (χ1) is 8.74. The molecule has 0 aliphatic rings. The van der Waals surface area contributed by atoms with Crippen molar-refractivity contribution in [2.75, 3.05) is 12.0 Å². The van der Waals surface area contributed by atoms with Crippen LogP contribution in [0.25, 0.3) is 0 Å². The molecule has 7 heteroatoms. The Morgan fingerprint density at radius 3 is 2.83 bits per heavy atom. The zero-order valence-corrected chi connectivity index (χ0v) is 10.1. The lowest BCUT2D eigenvalue weighted by atomic mass is 10.3. The maximum Gasteiger partial charge on any atom is 0.216 e. The Bertz CT molecular complexity index is 505. The zero-order chi connectivity index (χ0) is 13.0. The topological polar surface area (TPSA) is 47.7 Å². The molecule has 98 valence electrons. The third-order valence-electron chi connectivity index (χ3n) is 2.57. The third kappa shape index (κ3) is 2.66. The normalized spacial score (nSPS) is 10.8. The largest absolute Gasteiger partial charge is 0.378 e. The summed E-state index contributed by atoms with van der Waals surface area (Å²) in [5.41, 5.74) is 1.22. The van der Waals surface area contributed by atoms with E-state index >= 15 is 0 Å². The molecule has 0 radical (unpaired) electrons. The molecule has 0 atom stereocenters. The van der Waals surface area contributed by atoms with Crippen molar-refractivity contribution in [1.82, 2.24) is 19.6 Å². The van der Waals surface area contributed by atoms with E-state index in [1.807, 2.05) is 6.92 Å². The number of anilines is 1. The number of nitrogens with one attached hydrogen (secondary N) is 1. The second-order valence-corrected chi connectivity index (χ2v) is 3.81. The molecule has 5 nitrogen and oxygen atoms in total. The number of aromatic nitrogens is 4. The molecule has 0 bridgehead atoms. The van der Waals surface area contributed by atoms with Crippen LogP contribution >= 0.6 is 0 Å². The number of alkyl halides is 1. The molecule has 2 aromatic heterocycles. The van der Waals surface area contributed by atoms with E-state index < -0.39 is 6.67 Å². The molecule has 0 spiro atoms. The van der Waals surface area contributed by atoms with Crippen LogP contribution in [0.15, 0.2) is 18.6 Å². The molecule has 0 aromatic carbocycles. The van der Waals surface area contributed by atoms with E-state index in [9.17, 15) is 8.78 Å². The van der Waals surface area contributed by atoms with E-state index in [0.29, 0.717) is 18.7 Å². The number of hydrogen-bond acceptors (Lipinski definition) is 3. The van der Waals surface area contributed by atoms with Crippen LogP contribution in [0.3, 0.4) is 0 Å². The third-order valence-corrected chi connectivity index (χ3v) is 2.57. The number of hydrogen-bond donors (Lipinski definition) is 1. The fourth-order valence-corrected chi connectivity index (χ4v) is 1.61. The summed E-state index contributed by atoms with van der Waals surface area (Å²) in [5.74, 6) is -0.332. The summed E-state index contributed by atoms with van der Waals surface area (Å²) in [6.45, 7) is 2.42. The number of rotatable bonds is 6. The van der Waals surface area contributed by atoms with Crippen molar-refractivity contribution < 1.29 is 8.78 Å². The number of nitrogens with zero attached hydrogens (tertiary/aromatic N) is 4. The first kappa shape index (κ1) is 12.5. The number of aryl methyl sites for hydroxylation is 2. The molecule has 0 fully saturated rings. The van der Waals surface area contributed by atoms with Crippen molar-refractivity contribution in [3.05, 3.63) is 30.1 Å². The average molecular weight is 255 g/mol. The molecule has 0 amide bonds. The van der Waals surface area contributed by atoms with Gasteiger partial charge >= 0.3 is 0 Å². The van der Waals surface area contributed by atoms with E-state index in [4.69, 9.17) is 0 Å². The maximum absolute atomic E-state index is 13.7. The van der Waals surface area contributed by atoms with Crippen LogP contribution in [0.1, 0.15) is 12.5 Å². The fraction of sp³-hybridized carbons (Fsp3) is 0.455. The van der Waals surface area contributed by atoms with Gasteiger partial charge in [0, 0.05) is 24.8 Å². The van der Waals surface area contributed by atoms with Gasteiger partial charge in [0.25, 0.3) is 0 Å². The summed E-state index contributed by atoms with van der Waals surface area (Å²) in [6.07, 6.45) is 4.76. The predicted molar refractivity (Wildman–Crippen MR) is 63.4 cm³/mol. The Hall–Kier alpha value is -1.92. The Morgan fingerprint density at radius 2 is 2.17 bits per heavy atom. The SMILES string of the molecule is CCn1ncc(CNc2cnn(CCF)c2)c1F. The second-order valence-electron chi connectivity index (χ2n) is 3.81. The van der Waals surface area contributed by atoms with Gasteiger partial charge in [0.05, 0.1) is 24.6 Å². The molecule has 0 saturated carbocycles. The van der Waals surface area contributed by atoms with Gasteiger partial charge in [0.2, 0.25) is 5.95 Å². The summed E-state index contributed by atoms with van der Waals surface area (Å²) in [6, 6.07) is 0. The molecule has 2 aromatic rings. The molecule has 0 saturated heterocycles. The minimum absolute atomic E-state index is 0.226. The summed E-state index contributed by atoms with van der Waals surface area (Å²) in [5, 5.41) is 10.9. The summed E-state index contributed by atoms with van der Waals surface area (Å²) in [4.78, 5) is 0. The second kappa shape index (κ2) is 5.61. The highest BCUT2D eigenvalue weighted by molar-refractivity contribution is 5.38. The Morgan fingerprint density at radius 1 is 1.33 bits per heavy atom. The lowest BCUT2D eigenvalue weighted by Gasteiger charge is -2.01. The summed E-state index contributed by atoms with van der Waals surface area (Å²) < 4.78 is 28.5. The van der Waals surface area contributed by atoms with E-state index in [-0.39, 0.29) is 12.5 Å². The standard InChI is InChI=1S/C11H15F2N5/c1-2-18-11(13)9(6-16-18)5-14-10-7-15-17(8-10)4-3-12/h6-8,14H,2-5H2,1H3. The van der Waals surface area contributed by atoms with Crippen molar-refractivity contribution in [2.45, 2.75) is 26.6 Å². The van der Waals surface area contributed by atoms with Gasteiger partial charge in [-0.05, 0) is 6.92 Å². The molecular formula is C11H15F2N5. The molecular weight excluding hydrogens is 240 g/mol. The smallest absolute Gasteiger partial charge is 0.216 e. The maximum atomic E-state index is 13.7. The molecule has 0 aliphatic heterocycles. The molecule has 0 aliphatic carbocycles. The van der Waals surface area contributed by atoms with Crippen molar-refractivity contribution in [1.29, 1.82) is 0 Å². The number of halogens is 2. The summed E-state index contributed by atoms with van der Waals surface area (Å²) in [7, 11) is 0. The van der Waals surface area contributed by atoms with Crippen LogP contribution in [-0.2, 0) is 19.6 Å². The minimum atomic E-state index is -0.459. The highest BCUT2D eigenvalue weighted by atomic mass is 19.1. The van der Waals surface area contributed by atoms with E-state index in [1.54, 1.807) is 12.4 Å². The lowest BCUT2D eigenvalue weighted by molar-refractivity contribution is 0.427. The van der Waals surface area contributed by atoms with E-state index in [0.717, 1.165) is 5.69 Å². The van der Waals surface area contributed by atoms with Gasteiger partial charge in [0.15, 0.2) is 0 Å². The average Bonchev–Trinajstić information content (AvgIpc) is 2.94. The monoisotopic (exact) mass is 255 g/mol. The molecule has 0 unspecified atom stereocenters. The Labute approximate surface area is 103 Å². The Balaban J connectivity index is 1.95. The van der Waals surface area contributed by atoms with Gasteiger partial charge in [-0.15, -0.1) is 0 Å². The minimum Gasteiger partial charge on any atom is -0.378 e. The highest BCUT2D eigenvalue weighted by Gasteiger charge is 2.08. The van der Waals surface area contributed by atoms with Crippen molar-refractivity contribution in [3.8, 4) is 0 Å². The van der Waals surface area contributed by atoms with Crippen LogP contribution in [0.2, 0.25) is 0 Å². The molecule has 2 heterocycles. The predicted octanol–water partition coefficient (Wildman–Crippen LogP) is 1.82. The Kier molecular flexibility index (Phi) is 3.91. The van der Waals surface area contributed by atoms with Crippen LogP contribution in [0.4, 0.5) is 14.5 Å². The van der Waals surface area contributed by atoms with Crippen molar-refractivity contribution >= 4 is 5.69 Å². The lowest BCUT2D eigenvalue weighted by Crippen LogP contribution is -2.04. The van der Waals surface area contributed by atoms with Crippen molar-refractivity contribution in [3.63, 3.8) is 0 Å². The molecule has 2 rings (SSSR count). The van der Waals surface area contributed by atoms with E-state index in [2.05, 4.69) is 15.5 Å². The quantitative estimate of drug-likeness (QED) is 0.856. The molecule has 1 N–H and O–H groups in total. The van der Waals surface area contributed by atoms with Crippen molar-refractivity contribution in [2.24, 2.45) is 0 Å². The van der Waals surface area contributed by atoms with Gasteiger partial charge < -0.3 is 5.32 Å². The fourth-order valence-electron chi connectivity index (χ4n) is 1.61.